The summed E-state index contributed by atoms with van der Waals surface area (Å²) in [7, 11) is 1.81. The summed E-state index contributed by atoms with van der Waals surface area (Å²) >= 11 is 0. The van der Waals surface area contributed by atoms with E-state index in [0.717, 1.165) is 11.3 Å². The second kappa shape index (κ2) is 2.97. The third kappa shape index (κ3) is 1.08. The second-order valence-electron chi connectivity index (χ2n) is 4.68. The molecule has 0 fully saturated rings. The van der Waals surface area contributed by atoms with E-state index in [1.807, 2.05) is 45.2 Å². The Balaban J connectivity index is 2.65. The van der Waals surface area contributed by atoms with Crippen LogP contribution in [0.15, 0.2) is 24.3 Å². The van der Waals surface area contributed by atoms with Crippen LogP contribution in [-0.2, 0) is 5.41 Å². The van der Waals surface area contributed by atoms with Crippen molar-refractivity contribution in [2.24, 2.45) is 0 Å². The molecule has 2 N–H and O–H groups in total. The summed E-state index contributed by atoms with van der Waals surface area (Å²) in [5.41, 5.74) is 0.382. The number of anilines is 1. The summed E-state index contributed by atoms with van der Waals surface area (Å²) in [5, 5.41) is 19.9. The summed E-state index contributed by atoms with van der Waals surface area (Å²) in [6.07, 6.45) is 0. The predicted molar refractivity (Wildman–Crippen MR) is 59.9 cm³/mol. The van der Waals surface area contributed by atoms with Crippen LogP contribution in [0.4, 0.5) is 5.69 Å². The molecule has 82 valence electrons. The average molecular weight is 207 g/mol. The zero-order valence-electron chi connectivity index (χ0n) is 9.36. The first-order valence-corrected chi connectivity index (χ1v) is 5.12. The number of aliphatic hydroxyl groups is 2. The zero-order chi connectivity index (χ0) is 11.3. The van der Waals surface area contributed by atoms with Crippen molar-refractivity contribution in [3.63, 3.8) is 0 Å². The highest BCUT2D eigenvalue weighted by molar-refractivity contribution is 5.64. The van der Waals surface area contributed by atoms with Crippen molar-refractivity contribution in [3.05, 3.63) is 29.8 Å². The highest BCUT2D eigenvalue weighted by Gasteiger charge is 2.54. The van der Waals surface area contributed by atoms with Gasteiger partial charge in [0, 0.05) is 18.2 Å². The zero-order valence-corrected chi connectivity index (χ0v) is 9.36. The van der Waals surface area contributed by atoms with Crippen molar-refractivity contribution in [1.29, 1.82) is 0 Å². The smallest absolute Gasteiger partial charge is 0.170 e. The topological polar surface area (TPSA) is 43.7 Å². The molecule has 1 aliphatic rings. The van der Waals surface area contributed by atoms with E-state index in [1.54, 1.807) is 4.90 Å². The van der Waals surface area contributed by atoms with Crippen LogP contribution in [0.2, 0.25) is 0 Å². The highest BCUT2D eigenvalue weighted by atomic mass is 16.4. The summed E-state index contributed by atoms with van der Waals surface area (Å²) < 4.78 is 0. The van der Waals surface area contributed by atoms with Gasteiger partial charge in [-0.15, -0.1) is 0 Å². The van der Waals surface area contributed by atoms with E-state index in [4.69, 9.17) is 0 Å². The average Bonchev–Trinajstić information content (AvgIpc) is 2.40. The molecule has 3 nitrogen and oxygen atoms in total. The minimum absolute atomic E-state index is 0.273. The molecule has 1 atom stereocenters. The maximum Gasteiger partial charge on any atom is 0.170 e. The number of hydrogen-bond acceptors (Lipinski definition) is 3. The second-order valence-corrected chi connectivity index (χ2v) is 4.68. The fraction of sp³-hybridized carbons (Fsp3) is 0.500. The molecule has 0 saturated heterocycles. The molecule has 1 unspecified atom stereocenters. The fourth-order valence-electron chi connectivity index (χ4n) is 2.43. The number of nitrogens with zero attached hydrogens (tertiary/aromatic N) is 1. The standard InChI is InChI=1S/C12H17NO2/c1-11(2)9-6-4-5-7-10(9)13(3)12(11,15)8-14/h4-7,14-15H,8H2,1-3H3. The van der Waals surface area contributed by atoms with Gasteiger partial charge >= 0.3 is 0 Å². The van der Waals surface area contributed by atoms with Gasteiger partial charge in [0.25, 0.3) is 0 Å². The van der Waals surface area contributed by atoms with Gasteiger partial charge in [-0.2, -0.15) is 0 Å². The minimum Gasteiger partial charge on any atom is -0.391 e. The first kappa shape index (κ1) is 10.5. The summed E-state index contributed by atoms with van der Waals surface area (Å²) in [6.45, 7) is 3.63. The van der Waals surface area contributed by atoms with Gasteiger partial charge in [-0.3, -0.25) is 0 Å². The Bertz CT molecular complexity index is 389. The number of hydrogen-bond donors (Lipinski definition) is 2. The molecule has 0 saturated carbocycles. The maximum atomic E-state index is 10.5. The largest absolute Gasteiger partial charge is 0.391 e. The van der Waals surface area contributed by atoms with Gasteiger partial charge < -0.3 is 15.1 Å². The minimum atomic E-state index is -1.21. The Morgan fingerprint density at radius 2 is 1.87 bits per heavy atom. The van der Waals surface area contributed by atoms with Crippen molar-refractivity contribution in [2.45, 2.75) is 25.0 Å². The van der Waals surface area contributed by atoms with Crippen LogP contribution in [-0.4, -0.2) is 29.6 Å². The lowest BCUT2D eigenvalue weighted by atomic mass is 9.78. The first-order valence-electron chi connectivity index (χ1n) is 5.12. The van der Waals surface area contributed by atoms with Gasteiger partial charge in [0.1, 0.15) is 0 Å². The quantitative estimate of drug-likeness (QED) is 0.724. The molecule has 0 amide bonds. The molecular weight excluding hydrogens is 190 g/mol. The lowest BCUT2D eigenvalue weighted by molar-refractivity contribution is -0.0567. The molecule has 2 rings (SSSR count). The lowest BCUT2D eigenvalue weighted by Crippen LogP contribution is -2.57. The van der Waals surface area contributed by atoms with Crippen LogP contribution in [0.3, 0.4) is 0 Å². The molecular formula is C12H17NO2. The molecule has 0 radical (unpaired) electrons. The molecule has 1 aliphatic heterocycles. The van der Waals surface area contributed by atoms with Crippen molar-refractivity contribution < 1.29 is 10.2 Å². The first-order chi connectivity index (χ1) is 6.95. The SMILES string of the molecule is CN1c2ccccc2C(C)(C)C1(O)CO. The molecule has 0 spiro atoms. The number of fused-ring (bicyclic) bond motifs is 1. The van der Waals surface area contributed by atoms with Crippen molar-refractivity contribution in [3.8, 4) is 0 Å². The summed E-state index contributed by atoms with van der Waals surface area (Å²) in [4.78, 5) is 1.75. The Morgan fingerprint density at radius 3 is 2.40 bits per heavy atom. The fourth-order valence-corrected chi connectivity index (χ4v) is 2.43. The highest BCUT2D eigenvalue weighted by Crippen LogP contribution is 2.49. The van der Waals surface area contributed by atoms with E-state index >= 15 is 0 Å². The van der Waals surface area contributed by atoms with Crippen LogP contribution in [0.1, 0.15) is 19.4 Å². The van der Waals surface area contributed by atoms with Gasteiger partial charge in [0.2, 0.25) is 0 Å². The molecule has 0 aromatic heterocycles. The van der Waals surface area contributed by atoms with Crippen molar-refractivity contribution >= 4 is 5.69 Å². The van der Waals surface area contributed by atoms with E-state index in [1.165, 1.54) is 0 Å². The van der Waals surface area contributed by atoms with Gasteiger partial charge in [-0.1, -0.05) is 32.0 Å². The van der Waals surface area contributed by atoms with Crippen LogP contribution in [0.5, 0.6) is 0 Å². The third-order valence-electron chi connectivity index (χ3n) is 3.72. The van der Waals surface area contributed by atoms with Crippen LogP contribution in [0, 0.1) is 0 Å². The third-order valence-corrected chi connectivity index (χ3v) is 3.72. The van der Waals surface area contributed by atoms with Crippen LogP contribution >= 0.6 is 0 Å². The molecule has 15 heavy (non-hydrogen) atoms. The molecule has 1 aromatic carbocycles. The number of rotatable bonds is 1. The van der Waals surface area contributed by atoms with Gasteiger partial charge in [-0.25, -0.2) is 0 Å². The van der Waals surface area contributed by atoms with E-state index in [9.17, 15) is 10.2 Å². The number of benzene rings is 1. The number of aliphatic hydroxyl groups excluding tert-OH is 1. The van der Waals surface area contributed by atoms with Gasteiger partial charge in [0.05, 0.1) is 6.61 Å². The molecule has 0 aliphatic carbocycles. The predicted octanol–water partition coefficient (Wildman–Crippen LogP) is 1.09. The van der Waals surface area contributed by atoms with Gasteiger partial charge in [-0.05, 0) is 11.6 Å². The molecule has 1 aromatic rings. The van der Waals surface area contributed by atoms with E-state index < -0.39 is 11.1 Å². The Morgan fingerprint density at radius 1 is 1.27 bits per heavy atom. The molecule has 3 heteroatoms. The lowest BCUT2D eigenvalue weighted by Gasteiger charge is -2.40. The number of para-hydroxylation sites is 1. The molecule has 0 bridgehead atoms. The Labute approximate surface area is 90.0 Å². The van der Waals surface area contributed by atoms with Crippen LogP contribution in [0.25, 0.3) is 0 Å². The van der Waals surface area contributed by atoms with Crippen LogP contribution < -0.4 is 4.90 Å². The maximum absolute atomic E-state index is 10.5. The molecule has 1 heterocycles. The van der Waals surface area contributed by atoms with Crippen molar-refractivity contribution in [2.75, 3.05) is 18.6 Å². The van der Waals surface area contributed by atoms with E-state index in [2.05, 4.69) is 0 Å². The van der Waals surface area contributed by atoms with E-state index in [0.29, 0.717) is 0 Å². The summed E-state index contributed by atoms with van der Waals surface area (Å²) in [5.74, 6) is 0. The normalized spacial score (nSPS) is 27.9. The van der Waals surface area contributed by atoms with Crippen molar-refractivity contribution in [1.82, 2.24) is 0 Å². The van der Waals surface area contributed by atoms with E-state index in [-0.39, 0.29) is 6.61 Å². The monoisotopic (exact) mass is 207 g/mol. The Kier molecular flexibility index (Phi) is 2.07. The number of likely N-dealkylation sites (N-methyl/N-ethyl adjacent to an activating group) is 1. The summed E-state index contributed by atoms with van der Waals surface area (Å²) in [6, 6.07) is 7.86. The Hall–Kier alpha value is -1.06. The van der Waals surface area contributed by atoms with Gasteiger partial charge in [0.15, 0.2) is 5.72 Å².